The third kappa shape index (κ3) is 2.68. The molecule has 0 radical (unpaired) electrons. The van der Waals surface area contributed by atoms with Crippen molar-refractivity contribution in [1.82, 2.24) is 9.97 Å². The minimum absolute atomic E-state index is 0.195. The number of fused-ring (bicyclic) bond motifs is 1. The Hall–Kier alpha value is -1.86. The van der Waals surface area contributed by atoms with Crippen LogP contribution in [-0.2, 0) is 5.75 Å². The summed E-state index contributed by atoms with van der Waals surface area (Å²) in [7, 11) is 0. The highest BCUT2D eigenvalue weighted by Gasteiger charge is 2.18. The smallest absolute Gasteiger partial charge is 0.231 e. The second kappa shape index (κ2) is 5.26. The van der Waals surface area contributed by atoms with Crippen LogP contribution in [0, 0.1) is 0 Å². The van der Waals surface area contributed by atoms with Gasteiger partial charge in [-0.2, -0.15) is 0 Å². The highest BCUT2D eigenvalue weighted by atomic mass is 35.5. The van der Waals surface area contributed by atoms with Gasteiger partial charge in [0.1, 0.15) is 11.6 Å². The van der Waals surface area contributed by atoms with Gasteiger partial charge in [-0.1, -0.05) is 23.4 Å². The van der Waals surface area contributed by atoms with Crippen molar-refractivity contribution >= 4 is 35.0 Å². The summed E-state index contributed by atoms with van der Waals surface area (Å²) >= 11 is 7.54. The van der Waals surface area contributed by atoms with Crippen LogP contribution < -0.4 is 20.9 Å². The molecule has 2 heterocycles. The molecule has 1 aromatic carbocycles. The van der Waals surface area contributed by atoms with Crippen LogP contribution in [0.4, 0.5) is 11.6 Å². The highest BCUT2D eigenvalue weighted by Crippen LogP contribution is 2.40. The predicted octanol–water partition coefficient (Wildman–Crippen LogP) is 2.32. The van der Waals surface area contributed by atoms with Crippen LogP contribution in [0.25, 0.3) is 0 Å². The number of nitrogens with zero attached hydrogens (tertiary/aromatic N) is 2. The molecule has 0 saturated heterocycles. The molecule has 3 rings (SSSR count). The van der Waals surface area contributed by atoms with Gasteiger partial charge in [-0.3, -0.25) is 0 Å². The Labute approximate surface area is 124 Å². The molecule has 0 atom stereocenters. The zero-order valence-corrected chi connectivity index (χ0v) is 11.9. The number of halogens is 1. The fourth-order valence-electron chi connectivity index (χ4n) is 1.78. The van der Waals surface area contributed by atoms with Crippen molar-refractivity contribution in [1.29, 1.82) is 0 Å². The molecule has 0 bridgehead atoms. The molecule has 0 unspecified atom stereocenters. The molecule has 0 spiro atoms. The molecule has 0 fully saturated rings. The van der Waals surface area contributed by atoms with E-state index in [1.54, 1.807) is 0 Å². The van der Waals surface area contributed by atoms with Gasteiger partial charge in [0.25, 0.3) is 0 Å². The Kier molecular flexibility index (Phi) is 3.45. The summed E-state index contributed by atoms with van der Waals surface area (Å²) in [4.78, 5) is 8.21. The largest absolute Gasteiger partial charge is 0.454 e. The molecule has 0 saturated carbocycles. The SMILES string of the molecule is Nc1cc(N)nc(SCc2cc(Cl)c3c(c2)OCO3)n1. The van der Waals surface area contributed by atoms with Gasteiger partial charge < -0.3 is 20.9 Å². The van der Waals surface area contributed by atoms with E-state index < -0.39 is 0 Å². The van der Waals surface area contributed by atoms with E-state index in [4.69, 9.17) is 32.5 Å². The predicted molar refractivity (Wildman–Crippen MR) is 78.0 cm³/mol. The Morgan fingerprint density at radius 1 is 1.15 bits per heavy atom. The number of thioether (sulfide) groups is 1. The Morgan fingerprint density at radius 2 is 1.90 bits per heavy atom. The van der Waals surface area contributed by atoms with Gasteiger partial charge in [-0.15, -0.1) is 0 Å². The van der Waals surface area contributed by atoms with Crippen molar-refractivity contribution in [2.24, 2.45) is 0 Å². The third-order valence-corrected chi connectivity index (χ3v) is 3.80. The van der Waals surface area contributed by atoms with Crippen LogP contribution in [0.1, 0.15) is 5.56 Å². The van der Waals surface area contributed by atoms with Crippen LogP contribution in [0.15, 0.2) is 23.4 Å². The summed E-state index contributed by atoms with van der Waals surface area (Å²) in [6, 6.07) is 5.23. The van der Waals surface area contributed by atoms with Crippen LogP contribution in [0.3, 0.4) is 0 Å². The molecule has 0 aliphatic carbocycles. The van der Waals surface area contributed by atoms with Gasteiger partial charge in [0.15, 0.2) is 16.7 Å². The maximum Gasteiger partial charge on any atom is 0.231 e. The molecule has 1 aliphatic heterocycles. The van der Waals surface area contributed by atoms with Gasteiger partial charge in [0.05, 0.1) is 5.02 Å². The molecule has 1 aromatic heterocycles. The highest BCUT2D eigenvalue weighted by molar-refractivity contribution is 7.98. The number of hydrogen-bond acceptors (Lipinski definition) is 7. The lowest BCUT2D eigenvalue weighted by molar-refractivity contribution is 0.174. The average molecular weight is 311 g/mol. The van der Waals surface area contributed by atoms with Gasteiger partial charge in [-0.05, 0) is 17.7 Å². The third-order valence-electron chi connectivity index (χ3n) is 2.60. The number of aromatic nitrogens is 2. The van der Waals surface area contributed by atoms with Crippen molar-refractivity contribution in [3.63, 3.8) is 0 Å². The van der Waals surface area contributed by atoms with E-state index in [-0.39, 0.29) is 6.79 Å². The first-order valence-corrected chi connectivity index (χ1v) is 7.09. The quantitative estimate of drug-likeness (QED) is 0.663. The zero-order valence-electron chi connectivity index (χ0n) is 10.3. The van der Waals surface area contributed by atoms with Gasteiger partial charge in [0.2, 0.25) is 6.79 Å². The molecule has 8 heteroatoms. The monoisotopic (exact) mass is 310 g/mol. The zero-order chi connectivity index (χ0) is 14.1. The van der Waals surface area contributed by atoms with E-state index in [0.717, 1.165) is 5.56 Å². The fourth-order valence-corrected chi connectivity index (χ4v) is 2.87. The average Bonchev–Trinajstić information content (AvgIpc) is 2.84. The fraction of sp³-hybridized carbons (Fsp3) is 0.167. The number of anilines is 2. The van der Waals surface area contributed by atoms with Gasteiger partial charge in [0, 0.05) is 11.8 Å². The Morgan fingerprint density at radius 3 is 2.65 bits per heavy atom. The lowest BCUT2D eigenvalue weighted by Crippen LogP contribution is -1.99. The maximum atomic E-state index is 6.12. The molecule has 2 aromatic rings. The standard InChI is InChI=1S/C12H11ClN4O2S/c13-7-1-6(2-8-11(7)19-5-18-8)4-20-12-16-9(14)3-10(15)17-12/h1-3H,4-5H2,(H4,14,15,16,17). The molecule has 6 nitrogen and oxygen atoms in total. The summed E-state index contributed by atoms with van der Waals surface area (Å²) in [6.07, 6.45) is 0. The molecule has 1 aliphatic rings. The number of hydrogen-bond donors (Lipinski definition) is 2. The second-order valence-corrected chi connectivity index (χ2v) is 5.45. The summed E-state index contributed by atoms with van der Waals surface area (Å²) in [5.41, 5.74) is 12.2. The first kappa shape index (κ1) is 13.1. The molecule has 4 N–H and O–H groups in total. The van der Waals surface area contributed by atoms with Crippen molar-refractivity contribution in [3.8, 4) is 11.5 Å². The molecular formula is C12H11ClN4O2S. The summed E-state index contributed by atoms with van der Waals surface area (Å²) in [6.45, 7) is 0.195. The lowest BCUT2D eigenvalue weighted by Gasteiger charge is -2.05. The van der Waals surface area contributed by atoms with Crippen LogP contribution in [0.5, 0.6) is 11.5 Å². The number of rotatable bonds is 3. The number of ether oxygens (including phenoxy) is 2. The van der Waals surface area contributed by atoms with Gasteiger partial charge >= 0.3 is 0 Å². The molecular weight excluding hydrogens is 300 g/mol. The normalized spacial score (nSPS) is 12.7. The van der Waals surface area contributed by atoms with E-state index in [9.17, 15) is 0 Å². The minimum atomic E-state index is 0.195. The number of nitrogen functional groups attached to an aromatic ring is 2. The molecule has 0 amide bonds. The van der Waals surface area contributed by atoms with Crippen molar-refractivity contribution in [2.45, 2.75) is 10.9 Å². The van der Waals surface area contributed by atoms with E-state index in [2.05, 4.69) is 9.97 Å². The van der Waals surface area contributed by atoms with Crippen LogP contribution >= 0.6 is 23.4 Å². The summed E-state index contributed by atoms with van der Waals surface area (Å²) in [5, 5.41) is 1.06. The maximum absolute atomic E-state index is 6.12. The number of nitrogens with two attached hydrogens (primary N) is 2. The van der Waals surface area contributed by atoms with Crippen LogP contribution in [-0.4, -0.2) is 16.8 Å². The van der Waals surface area contributed by atoms with E-state index in [1.165, 1.54) is 17.8 Å². The molecule has 20 heavy (non-hydrogen) atoms. The second-order valence-electron chi connectivity index (χ2n) is 4.10. The lowest BCUT2D eigenvalue weighted by atomic mass is 10.2. The van der Waals surface area contributed by atoms with Crippen LogP contribution in [0.2, 0.25) is 5.02 Å². The van der Waals surface area contributed by atoms with Crippen molar-refractivity contribution < 1.29 is 9.47 Å². The number of benzene rings is 1. The van der Waals surface area contributed by atoms with Crippen molar-refractivity contribution in [2.75, 3.05) is 18.3 Å². The minimum Gasteiger partial charge on any atom is -0.454 e. The van der Waals surface area contributed by atoms with E-state index in [0.29, 0.717) is 39.1 Å². The summed E-state index contributed by atoms with van der Waals surface area (Å²) < 4.78 is 10.6. The topological polar surface area (TPSA) is 96.3 Å². The summed E-state index contributed by atoms with van der Waals surface area (Å²) in [5.74, 6) is 2.57. The first-order valence-electron chi connectivity index (χ1n) is 5.72. The Balaban J connectivity index is 1.77. The van der Waals surface area contributed by atoms with Crippen molar-refractivity contribution in [3.05, 3.63) is 28.8 Å². The van der Waals surface area contributed by atoms with Gasteiger partial charge in [-0.25, -0.2) is 9.97 Å². The van der Waals surface area contributed by atoms with E-state index in [1.807, 2.05) is 12.1 Å². The Bertz CT molecular complexity index is 648. The van der Waals surface area contributed by atoms with E-state index >= 15 is 0 Å². The molecule has 104 valence electrons. The first-order chi connectivity index (χ1) is 9.61.